The normalized spacial score (nSPS) is 17.9. The number of aliphatic hydroxyl groups excluding tert-OH is 1. The van der Waals surface area contributed by atoms with Gasteiger partial charge in [0.1, 0.15) is 12.3 Å². The predicted molar refractivity (Wildman–Crippen MR) is 161 cm³/mol. The monoisotopic (exact) mass is 603 g/mol. The second kappa shape index (κ2) is 13.7. The highest BCUT2D eigenvalue weighted by molar-refractivity contribution is 6.01. The van der Waals surface area contributed by atoms with Crippen molar-refractivity contribution in [3.05, 3.63) is 126 Å². The lowest BCUT2D eigenvalue weighted by molar-refractivity contribution is -0.136. The summed E-state index contributed by atoms with van der Waals surface area (Å²) in [5, 5.41) is 9.01. The van der Waals surface area contributed by atoms with Crippen molar-refractivity contribution in [2.45, 2.75) is 30.7 Å². The van der Waals surface area contributed by atoms with Crippen LogP contribution in [0.3, 0.4) is 0 Å². The van der Waals surface area contributed by atoms with E-state index in [-0.39, 0.29) is 18.9 Å². The first-order valence-corrected chi connectivity index (χ1v) is 14.2. The summed E-state index contributed by atoms with van der Waals surface area (Å²) in [5.74, 6) is -0.00821. The molecule has 7 nitrogen and oxygen atoms in total. The van der Waals surface area contributed by atoms with Gasteiger partial charge >= 0.3 is 6.18 Å². The fourth-order valence-electron chi connectivity index (χ4n) is 5.00. The number of rotatable bonds is 12. The standard InChI is InChI=1S/C34H32F3N3O4/c35-34(36,37)23-38-40-32(42)33(22-24-8-3-1-4-9-24)30(27-14-12-26(13-15-27)25-10-5-2-6-11-25)44-31(39-33)28-16-18-29(19-17-28)43-21-7-20-41/h1-6,8-19,30,38,41H,7,20-23H2,(H,40,42)/t30-,33-/m0/s1. The number of nitrogens with zero attached hydrogens (tertiary/aromatic N) is 1. The third-order valence-electron chi connectivity index (χ3n) is 7.16. The van der Waals surface area contributed by atoms with Gasteiger partial charge in [-0.15, -0.1) is 0 Å². The highest BCUT2D eigenvalue weighted by Gasteiger charge is 2.53. The van der Waals surface area contributed by atoms with Gasteiger partial charge in [0.05, 0.1) is 6.61 Å². The summed E-state index contributed by atoms with van der Waals surface area (Å²) in [6.45, 7) is -1.05. The van der Waals surface area contributed by atoms with E-state index >= 15 is 0 Å². The zero-order chi connectivity index (χ0) is 31.0. The average molecular weight is 604 g/mol. The summed E-state index contributed by atoms with van der Waals surface area (Å²) in [6.07, 6.45) is -4.95. The zero-order valence-corrected chi connectivity index (χ0v) is 23.8. The van der Waals surface area contributed by atoms with Gasteiger partial charge in [-0.2, -0.15) is 13.2 Å². The van der Waals surface area contributed by atoms with Crippen molar-refractivity contribution in [1.82, 2.24) is 10.9 Å². The van der Waals surface area contributed by atoms with Crippen LogP contribution in [0.15, 0.2) is 114 Å². The molecule has 0 unspecified atom stereocenters. The summed E-state index contributed by atoms with van der Waals surface area (Å²) in [4.78, 5) is 18.8. The average Bonchev–Trinajstić information content (AvgIpc) is 3.42. The van der Waals surface area contributed by atoms with Crippen molar-refractivity contribution in [2.24, 2.45) is 4.99 Å². The van der Waals surface area contributed by atoms with Crippen LogP contribution in [-0.4, -0.2) is 48.4 Å². The van der Waals surface area contributed by atoms with E-state index in [9.17, 15) is 18.0 Å². The van der Waals surface area contributed by atoms with Crippen molar-refractivity contribution in [3.63, 3.8) is 0 Å². The Kier molecular flexibility index (Phi) is 9.62. The molecule has 2 atom stereocenters. The van der Waals surface area contributed by atoms with Gasteiger partial charge in [0, 0.05) is 25.0 Å². The molecular formula is C34H32F3N3O4. The van der Waals surface area contributed by atoms with Gasteiger partial charge in [0.2, 0.25) is 5.90 Å². The number of nitrogens with one attached hydrogen (secondary N) is 2. The predicted octanol–water partition coefficient (Wildman–Crippen LogP) is 5.80. The number of amides is 1. The molecule has 4 aromatic carbocycles. The van der Waals surface area contributed by atoms with E-state index in [0.29, 0.717) is 29.9 Å². The highest BCUT2D eigenvalue weighted by atomic mass is 19.4. The number of aliphatic hydroxyl groups is 1. The smallest absolute Gasteiger partial charge is 0.402 e. The molecule has 1 heterocycles. The van der Waals surface area contributed by atoms with Crippen molar-refractivity contribution < 1.29 is 32.5 Å². The lowest BCUT2D eigenvalue weighted by atomic mass is 9.82. The van der Waals surface area contributed by atoms with Gasteiger partial charge in [-0.1, -0.05) is 84.9 Å². The van der Waals surface area contributed by atoms with Gasteiger partial charge < -0.3 is 14.6 Å². The van der Waals surface area contributed by atoms with E-state index in [1.165, 1.54) is 0 Å². The Morgan fingerprint density at radius 1 is 0.864 bits per heavy atom. The number of aliphatic imine (C=N–C) groups is 1. The minimum absolute atomic E-state index is 0.0137. The number of carbonyl (C=O) groups excluding carboxylic acids is 1. The molecule has 228 valence electrons. The van der Waals surface area contributed by atoms with Crippen LogP contribution in [0.25, 0.3) is 11.1 Å². The molecule has 0 aliphatic carbocycles. The number of benzene rings is 4. The zero-order valence-electron chi connectivity index (χ0n) is 23.8. The summed E-state index contributed by atoms with van der Waals surface area (Å²) in [7, 11) is 0. The van der Waals surface area contributed by atoms with E-state index in [2.05, 4.69) is 5.43 Å². The van der Waals surface area contributed by atoms with Gasteiger partial charge in [-0.3, -0.25) is 10.2 Å². The maximum absolute atomic E-state index is 13.9. The van der Waals surface area contributed by atoms with Crippen LogP contribution in [-0.2, 0) is 16.0 Å². The molecule has 0 spiro atoms. The number of hydrogen-bond donors (Lipinski definition) is 3. The highest BCUT2D eigenvalue weighted by Crippen LogP contribution is 2.43. The molecule has 1 aliphatic rings. The number of carbonyl (C=O) groups is 1. The Hall–Kier alpha value is -4.67. The molecule has 4 aromatic rings. The maximum Gasteiger partial charge on any atom is 0.402 e. The van der Waals surface area contributed by atoms with E-state index in [4.69, 9.17) is 19.6 Å². The largest absolute Gasteiger partial charge is 0.494 e. The van der Waals surface area contributed by atoms with Gasteiger partial charge in [0.25, 0.3) is 5.91 Å². The van der Waals surface area contributed by atoms with Crippen molar-refractivity contribution in [1.29, 1.82) is 0 Å². The molecular weight excluding hydrogens is 571 g/mol. The first-order chi connectivity index (χ1) is 21.3. The minimum atomic E-state index is -4.53. The van der Waals surface area contributed by atoms with E-state index in [0.717, 1.165) is 16.7 Å². The molecule has 1 amide bonds. The Bertz CT molecular complexity index is 1550. The second-order valence-corrected chi connectivity index (χ2v) is 10.4. The van der Waals surface area contributed by atoms with Crippen molar-refractivity contribution in [2.75, 3.05) is 19.8 Å². The summed E-state index contributed by atoms with van der Waals surface area (Å²) >= 11 is 0. The minimum Gasteiger partial charge on any atom is -0.494 e. The van der Waals surface area contributed by atoms with Crippen molar-refractivity contribution >= 4 is 11.8 Å². The van der Waals surface area contributed by atoms with Crippen LogP contribution in [0.5, 0.6) is 5.75 Å². The third-order valence-corrected chi connectivity index (χ3v) is 7.16. The van der Waals surface area contributed by atoms with E-state index < -0.39 is 30.3 Å². The van der Waals surface area contributed by atoms with Crippen LogP contribution in [0, 0.1) is 0 Å². The first-order valence-electron chi connectivity index (χ1n) is 14.2. The molecule has 0 fully saturated rings. The lowest BCUT2D eigenvalue weighted by Crippen LogP contribution is -2.55. The molecule has 0 saturated carbocycles. The Balaban J connectivity index is 1.54. The molecule has 1 aliphatic heterocycles. The van der Waals surface area contributed by atoms with Gasteiger partial charge in [-0.25, -0.2) is 10.4 Å². The molecule has 0 aromatic heterocycles. The fraction of sp³-hybridized carbons (Fsp3) is 0.235. The Morgan fingerprint density at radius 2 is 1.48 bits per heavy atom. The number of hydrogen-bond acceptors (Lipinski definition) is 6. The molecule has 3 N–H and O–H groups in total. The van der Waals surface area contributed by atoms with E-state index in [1.807, 2.05) is 90.4 Å². The van der Waals surface area contributed by atoms with Crippen LogP contribution in [0.4, 0.5) is 13.2 Å². The molecule has 10 heteroatoms. The van der Waals surface area contributed by atoms with Gasteiger partial charge in [0.15, 0.2) is 11.6 Å². The summed E-state index contributed by atoms with van der Waals surface area (Å²) in [5.41, 5.74) is 6.53. The topological polar surface area (TPSA) is 92.2 Å². The Morgan fingerprint density at radius 3 is 2.11 bits per heavy atom. The van der Waals surface area contributed by atoms with Crippen LogP contribution in [0.2, 0.25) is 0 Å². The molecule has 0 saturated heterocycles. The van der Waals surface area contributed by atoms with Crippen LogP contribution >= 0.6 is 0 Å². The number of hydrazine groups is 1. The SMILES string of the molecule is O=C(NNCC(F)(F)F)[C@@]1(Cc2ccccc2)N=C(c2ccc(OCCCO)cc2)O[C@H]1c1ccc(-c2ccccc2)cc1. The molecule has 0 bridgehead atoms. The fourth-order valence-corrected chi connectivity index (χ4v) is 5.00. The van der Waals surface area contributed by atoms with Crippen LogP contribution < -0.4 is 15.6 Å². The molecule has 44 heavy (non-hydrogen) atoms. The van der Waals surface area contributed by atoms with Gasteiger partial charge in [-0.05, 0) is 46.5 Å². The number of halogens is 3. The van der Waals surface area contributed by atoms with Crippen LogP contribution in [0.1, 0.15) is 29.2 Å². The number of ether oxygens (including phenoxy) is 2. The first kappa shape index (κ1) is 30.8. The lowest BCUT2D eigenvalue weighted by Gasteiger charge is -2.31. The molecule has 5 rings (SSSR count). The van der Waals surface area contributed by atoms with E-state index in [1.54, 1.807) is 24.3 Å². The second-order valence-electron chi connectivity index (χ2n) is 10.4. The quantitative estimate of drug-likeness (QED) is 0.141. The third kappa shape index (κ3) is 7.45. The molecule has 0 radical (unpaired) electrons. The Labute approximate surface area is 253 Å². The van der Waals surface area contributed by atoms with Crippen molar-refractivity contribution in [3.8, 4) is 16.9 Å². The summed E-state index contributed by atoms with van der Waals surface area (Å²) < 4.78 is 51.0. The maximum atomic E-state index is 13.9. The number of alkyl halides is 3. The summed E-state index contributed by atoms with van der Waals surface area (Å²) in [6, 6.07) is 33.4.